The van der Waals surface area contributed by atoms with Gasteiger partial charge in [0.2, 0.25) is 0 Å². The van der Waals surface area contributed by atoms with Crippen LogP contribution in [0.1, 0.15) is 36.2 Å². The fraction of sp³-hybridized carbons (Fsp3) is 0.455. The van der Waals surface area contributed by atoms with Crippen molar-refractivity contribution in [3.8, 4) is 0 Å². The van der Waals surface area contributed by atoms with Crippen molar-refractivity contribution in [3.05, 3.63) is 30.1 Å². The van der Waals surface area contributed by atoms with E-state index in [4.69, 9.17) is 0 Å². The largest absolute Gasteiger partial charge is 0.343 e. The monoisotopic (exact) mass is 248 g/mol. The van der Waals surface area contributed by atoms with Crippen molar-refractivity contribution in [1.29, 1.82) is 0 Å². The first-order valence-corrected chi connectivity index (χ1v) is 5.74. The highest BCUT2D eigenvalue weighted by Crippen LogP contribution is 2.05. The first-order chi connectivity index (χ1) is 8.59. The molecule has 0 unspecified atom stereocenters. The Labute approximate surface area is 105 Å². The zero-order valence-electron chi connectivity index (χ0n) is 10.7. The van der Waals surface area contributed by atoms with E-state index < -0.39 is 0 Å². The van der Waals surface area contributed by atoms with Gasteiger partial charge in [0.1, 0.15) is 17.8 Å². The lowest BCUT2D eigenvalue weighted by Gasteiger charge is -2.10. The van der Waals surface area contributed by atoms with Gasteiger partial charge in [-0.15, -0.1) is 0 Å². The van der Waals surface area contributed by atoms with Crippen molar-refractivity contribution in [2.75, 3.05) is 0 Å². The minimum Gasteiger partial charge on any atom is -0.343 e. The molecule has 0 saturated carbocycles. The van der Waals surface area contributed by atoms with Gasteiger partial charge < -0.3 is 5.32 Å². The van der Waals surface area contributed by atoms with Crippen LogP contribution in [0, 0.1) is 0 Å². The molecule has 2 aromatic heterocycles. The van der Waals surface area contributed by atoms with E-state index in [-0.39, 0.29) is 11.9 Å². The van der Waals surface area contributed by atoms with Crippen LogP contribution in [0.15, 0.2) is 18.6 Å². The molecule has 7 nitrogen and oxygen atoms in total. The molecule has 0 fully saturated rings. The molecule has 0 bridgehead atoms. The average molecular weight is 248 g/mol. The van der Waals surface area contributed by atoms with Gasteiger partial charge >= 0.3 is 0 Å². The molecule has 2 aromatic rings. The Bertz CT molecular complexity index is 541. The third kappa shape index (κ3) is 2.39. The van der Waals surface area contributed by atoms with E-state index in [1.807, 2.05) is 13.8 Å². The molecule has 0 aliphatic heterocycles. The lowest BCUT2D eigenvalue weighted by atomic mass is 10.3. The van der Waals surface area contributed by atoms with Crippen molar-refractivity contribution in [2.24, 2.45) is 7.05 Å². The quantitative estimate of drug-likeness (QED) is 0.855. The SMILES string of the molecule is CC(C)n1ncnc1CNC(=O)c1ccnn1C. The molecule has 0 saturated heterocycles. The Kier molecular flexibility index (Phi) is 3.40. The normalized spacial score (nSPS) is 10.9. The molecule has 0 spiro atoms. The lowest BCUT2D eigenvalue weighted by molar-refractivity contribution is 0.0939. The molecule has 0 aliphatic carbocycles. The van der Waals surface area contributed by atoms with Gasteiger partial charge in [-0.2, -0.15) is 10.2 Å². The summed E-state index contributed by atoms with van der Waals surface area (Å²) in [6.45, 7) is 4.38. The Morgan fingerprint density at radius 2 is 2.22 bits per heavy atom. The standard InChI is InChI=1S/C11H16N6O/c1-8(2)17-10(13-7-15-17)6-12-11(18)9-4-5-14-16(9)3/h4-5,7-8H,6H2,1-3H3,(H,12,18). The molecular formula is C11H16N6O. The van der Waals surface area contributed by atoms with E-state index in [0.717, 1.165) is 5.82 Å². The molecule has 96 valence electrons. The third-order valence-corrected chi connectivity index (χ3v) is 2.60. The Hall–Kier alpha value is -2.18. The Morgan fingerprint density at radius 1 is 1.44 bits per heavy atom. The zero-order valence-corrected chi connectivity index (χ0v) is 10.7. The molecule has 1 N–H and O–H groups in total. The second-order valence-corrected chi connectivity index (χ2v) is 4.24. The van der Waals surface area contributed by atoms with E-state index >= 15 is 0 Å². The fourth-order valence-corrected chi connectivity index (χ4v) is 1.68. The third-order valence-electron chi connectivity index (χ3n) is 2.60. The van der Waals surface area contributed by atoms with Crippen LogP contribution in [0.2, 0.25) is 0 Å². The van der Waals surface area contributed by atoms with Crippen molar-refractivity contribution >= 4 is 5.91 Å². The summed E-state index contributed by atoms with van der Waals surface area (Å²) >= 11 is 0. The van der Waals surface area contributed by atoms with E-state index in [1.165, 1.54) is 11.0 Å². The maximum Gasteiger partial charge on any atom is 0.269 e. The second kappa shape index (κ2) is 4.99. The van der Waals surface area contributed by atoms with Gasteiger partial charge in [-0.3, -0.25) is 9.48 Å². The molecule has 2 heterocycles. The van der Waals surface area contributed by atoms with E-state index in [9.17, 15) is 4.79 Å². The zero-order chi connectivity index (χ0) is 13.1. The van der Waals surface area contributed by atoms with Crippen molar-refractivity contribution in [3.63, 3.8) is 0 Å². The summed E-state index contributed by atoms with van der Waals surface area (Å²) in [5.41, 5.74) is 0.519. The Morgan fingerprint density at radius 3 is 2.83 bits per heavy atom. The fourth-order valence-electron chi connectivity index (χ4n) is 1.68. The number of nitrogens with one attached hydrogen (secondary N) is 1. The number of hydrogen-bond acceptors (Lipinski definition) is 4. The molecule has 0 aromatic carbocycles. The first kappa shape index (κ1) is 12.3. The highest BCUT2D eigenvalue weighted by Gasteiger charge is 2.12. The number of amides is 1. The minimum absolute atomic E-state index is 0.173. The molecular weight excluding hydrogens is 232 g/mol. The van der Waals surface area contributed by atoms with Crippen LogP contribution >= 0.6 is 0 Å². The molecule has 1 amide bonds. The minimum atomic E-state index is -0.173. The number of aryl methyl sites for hydroxylation is 1. The molecule has 0 aliphatic rings. The summed E-state index contributed by atoms with van der Waals surface area (Å²) < 4.78 is 3.31. The van der Waals surface area contributed by atoms with Crippen LogP contribution in [-0.2, 0) is 13.6 Å². The Balaban J connectivity index is 2.02. The average Bonchev–Trinajstić information content (AvgIpc) is 2.94. The van der Waals surface area contributed by atoms with Gasteiger partial charge in [0, 0.05) is 19.3 Å². The summed E-state index contributed by atoms with van der Waals surface area (Å²) in [4.78, 5) is 16.0. The summed E-state index contributed by atoms with van der Waals surface area (Å²) in [5, 5.41) is 10.9. The van der Waals surface area contributed by atoms with E-state index in [2.05, 4.69) is 20.5 Å². The van der Waals surface area contributed by atoms with Gasteiger partial charge in [0.25, 0.3) is 5.91 Å². The van der Waals surface area contributed by atoms with E-state index in [1.54, 1.807) is 24.0 Å². The number of nitrogens with zero attached hydrogens (tertiary/aromatic N) is 5. The highest BCUT2D eigenvalue weighted by atomic mass is 16.2. The van der Waals surface area contributed by atoms with Gasteiger partial charge in [0.15, 0.2) is 0 Å². The van der Waals surface area contributed by atoms with Crippen molar-refractivity contribution in [1.82, 2.24) is 29.9 Å². The molecule has 0 radical (unpaired) electrons. The number of rotatable bonds is 4. The predicted octanol–water partition coefficient (Wildman–Crippen LogP) is 0.522. The molecule has 0 atom stereocenters. The van der Waals surface area contributed by atoms with Crippen LogP contribution in [-0.4, -0.2) is 30.5 Å². The highest BCUT2D eigenvalue weighted by molar-refractivity contribution is 5.92. The van der Waals surface area contributed by atoms with Crippen LogP contribution in [0.4, 0.5) is 0 Å². The second-order valence-electron chi connectivity index (χ2n) is 4.24. The van der Waals surface area contributed by atoms with Crippen LogP contribution in [0.5, 0.6) is 0 Å². The smallest absolute Gasteiger partial charge is 0.269 e. The number of hydrogen-bond donors (Lipinski definition) is 1. The molecule has 18 heavy (non-hydrogen) atoms. The number of aromatic nitrogens is 5. The summed E-state index contributed by atoms with van der Waals surface area (Å²) in [6.07, 6.45) is 3.08. The molecule has 2 rings (SSSR count). The van der Waals surface area contributed by atoms with Gasteiger partial charge in [-0.25, -0.2) is 9.67 Å². The maximum absolute atomic E-state index is 11.9. The summed E-state index contributed by atoms with van der Waals surface area (Å²) in [6, 6.07) is 1.89. The number of carbonyl (C=O) groups is 1. The van der Waals surface area contributed by atoms with Gasteiger partial charge in [0.05, 0.1) is 6.54 Å². The lowest BCUT2D eigenvalue weighted by Crippen LogP contribution is -2.27. The van der Waals surface area contributed by atoms with Gasteiger partial charge in [-0.05, 0) is 19.9 Å². The first-order valence-electron chi connectivity index (χ1n) is 5.74. The summed E-state index contributed by atoms with van der Waals surface area (Å²) in [7, 11) is 1.73. The van der Waals surface area contributed by atoms with Crippen LogP contribution < -0.4 is 5.32 Å². The number of carbonyl (C=O) groups excluding carboxylic acids is 1. The predicted molar refractivity (Wildman–Crippen MR) is 64.8 cm³/mol. The topological polar surface area (TPSA) is 77.6 Å². The van der Waals surface area contributed by atoms with E-state index in [0.29, 0.717) is 12.2 Å². The van der Waals surface area contributed by atoms with Crippen LogP contribution in [0.25, 0.3) is 0 Å². The summed E-state index contributed by atoms with van der Waals surface area (Å²) in [5.74, 6) is 0.564. The maximum atomic E-state index is 11.9. The van der Waals surface area contributed by atoms with Gasteiger partial charge in [-0.1, -0.05) is 0 Å². The van der Waals surface area contributed by atoms with Crippen LogP contribution in [0.3, 0.4) is 0 Å². The van der Waals surface area contributed by atoms with Crippen molar-refractivity contribution < 1.29 is 4.79 Å². The molecule has 7 heteroatoms. The van der Waals surface area contributed by atoms with Crippen molar-refractivity contribution in [2.45, 2.75) is 26.4 Å².